The molecule has 2 heteroatoms. The predicted octanol–water partition coefficient (Wildman–Crippen LogP) is 14.7. The molecule has 11 rings (SSSR count). The Balaban J connectivity index is 1.10. The van der Waals surface area contributed by atoms with E-state index in [4.69, 9.17) is 4.98 Å². The molecule has 0 spiro atoms. The zero-order valence-corrected chi connectivity index (χ0v) is 31.6. The van der Waals surface area contributed by atoms with Crippen LogP contribution >= 0.6 is 0 Å². The Kier molecular flexibility index (Phi) is 7.84. The van der Waals surface area contributed by atoms with Crippen molar-refractivity contribution in [1.29, 1.82) is 0 Å². The first-order valence-electron chi connectivity index (χ1n) is 20.2. The molecule has 0 saturated carbocycles. The molecule has 8 aromatic carbocycles. The van der Waals surface area contributed by atoms with Gasteiger partial charge in [0.2, 0.25) is 0 Å². The number of aryl methyl sites for hydroxylation is 1. The quantitative estimate of drug-likeness (QED) is 0.128. The first-order valence-corrected chi connectivity index (χ1v) is 20.2. The summed E-state index contributed by atoms with van der Waals surface area (Å²) in [5.74, 6) is 1.51. The van der Waals surface area contributed by atoms with Crippen LogP contribution in [0.5, 0.6) is 0 Å². The molecule has 0 bridgehead atoms. The lowest BCUT2D eigenvalue weighted by atomic mass is 9.83. The fourth-order valence-corrected chi connectivity index (χ4v) is 9.64. The van der Waals surface area contributed by atoms with E-state index in [1.165, 1.54) is 82.3 Å². The number of rotatable bonds is 5. The highest BCUT2D eigenvalue weighted by Crippen LogP contribution is 2.46. The van der Waals surface area contributed by atoms with Crippen molar-refractivity contribution in [2.75, 3.05) is 0 Å². The van der Waals surface area contributed by atoms with E-state index in [1.807, 2.05) is 0 Å². The molecule has 0 N–H and O–H groups in total. The van der Waals surface area contributed by atoms with Gasteiger partial charge in [-0.05, 0) is 133 Å². The van der Waals surface area contributed by atoms with Crippen LogP contribution in [-0.2, 0) is 6.42 Å². The van der Waals surface area contributed by atoms with Gasteiger partial charge >= 0.3 is 0 Å². The zero-order chi connectivity index (χ0) is 37.2. The number of para-hydroxylation sites is 2. The molecule has 0 aliphatic heterocycles. The van der Waals surface area contributed by atoms with Crippen LogP contribution in [0.4, 0.5) is 0 Å². The van der Waals surface area contributed by atoms with E-state index >= 15 is 0 Å². The summed E-state index contributed by atoms with van der Waals surface area (Å²) in [4.78, 5) is 5.23. The number of nitrogens with zero attached hydrogens (tertiary/aromatic N) is 2. The maximum atomic E-state index is 5.23. The van der Waals surface area contributed by atoms with E-state index in [-0.39, 0.29) is 0 Å². The standard InChI is InChI=1S/C54H42N2/c1-35-12-2-10-20-50(35)56-51-21-11-9-19-49(51)55-54(56)39-26-22-38(23-27-39)42-30-31-47-48(34-42)53(44-29-25-37-14-4-6-16-41(37)33-44)46-18-8-7-17-45(46)52(47)43-28-24-36-13-3-5-15-40(36)32-43/h2-4,6-9,11-14,16-19,21-35,50H,5,10,15,20H2,1H3. The van der Waals surface area contributed by atoms with Crippen molar-refractivity contribution in [3.05, 3.63) is 181 Å². The van der Waals surface area contributed by atoms with Gasteiger partial charge in [0.05, 0.1) is 11.0 Å². The molecular weight excluding hydrogens is 677 g/mol. The Labute approximate surface area is 328 Å². The number of imidazole rings is 1. The van der Waals surface area contributed by atoms with E-state index < -0.39 is 0 Å². The highest BCUT2D eigenvalue weighted by atomic mass is 15.1. The first kappa shape index (κ1) is 32.9. The second-order valence-corrected chi connectivity index (χ2v) is 15.8. The van der Waals surface area contributed by atoms with Gasteiger partial charge in [0.1, 0.15) is 5.82 Å². The summed E-state index contributed by atoms with van der Waals surface area (Å²) >= 11 is 0. The molecule has 1 heterocycles. The van der Waals surface area contributed by atoms with E-state index in [0.29, 0.717) is 12.0 Å². The second kappa shape index (κ2) is 13.4. The molecule has 2 aliphatic carbocycles. The fraction of sp³-hybridized carbons (Fsp3) is 0.130. The SMILES string of the molecule is CC1C=CCCC1n1c(-c2ccc(-c3ccc4c(-c5ccc6c(c5)CCC=C6)c5ccccc5c(-c5ccc6ccccc6c5)c4c3)cc2)nc2ccccc21. The molecule has 2 atom stereocenters. The van der Waals surface area contributed by atoms with Gasteiger partial charge in [-0.15, -0.1) is 0 Å². The summed E-state index contributed by atoms with van der Waals surface area (Å²) < 4.78 is 2.51. The van der Waals surface area contributed by atoms with E-state index in [9.17, 15) is 0 Å². The third kappa shape index (κ3) is 5.43. The average Bonchev–Trinajstić information content (AvgIpc) is 3.64. The van der Waals surface area contributed by atoms with Crippen LogP contribution in [-0.4, -0.2) is 9.55 Å². The molecule has 0 amide bonds. The number of benzene rings is 8. The number of aromatic nitrogens is 2. The molecule has 0 radical (unpaired) electrons. The molecule has 268 valence electrons. The van der Waals surface area contributed by atoms with Crippen LogP contribution < -0.4 is 0 Å². The van der Waals surface area contributed by atoms with Gasteiger partial charge in [-0.3, -0.25) is 0 Å². The second-order valence-electron chi connectivity index (χ2n) is 15.8. The first-order chi connectivity index (χ1) is 27.7. The van der Waals surface area contributed by atoms with E-state index in [2.05, 4.69) is 187 Å². The van der Waals surface area contributed by atoms with Gasteiger partial charge in [0.25, 0.3) is 0 Å². The van der Waals surface area contributed by atoms with E-state index in [1.54, 1.807) is 0 Å². The molecule has 1 aromatic heterocycles. The number of hydrogen-bond acceptors (Lipinski definition) is 1. The Morgan fingerprint density at radius 2 is 1.21 bits per heavy atom. The zero-order valence-electron chi connectivity index (χ0n) is 31.6. The summed E-state index contributed by atoms with van der Waals surface area (Å²) in [6.07, 6.45) is 13.7. The summed E-state index contributed by atoms with van der Waals surface area (Å²) in [6.45, 7) is 2.34. The highest BCUT2D eigenvalue weighted by molar-refractivity contribution is 6.22. The molecule has 56 heavy (non-hydrogen) atoms. The van der Waals surface area contributed by atoms with Gasteiger partial charge in [-0.1, -0.05) is 159 Å². The smallest absolute Gasteiger partial charge is 0.141 e. The largest absolute Gasteiger partial charge is 0.320 e. The molecule has 2 unspecified atom stereocenters. The van der Waals surface area contributed by atoms with Crippen molar-refractivity contribution < 1.29 is 0 Å². The Morgan fingerprint density at radius 1 is 0.536 bits per heavy atom. The van der Waals surface area contributed by atoms with Crippen molar-refractivity contribution in [3.63, 3.8) is 0 Å². The van der Waals surface area contributed by atoms with Crippen molar-refractivity contribution >= 4 is 49.4 Å². The highest BCUT2D eigenvalue weighted by Gasteiger charge is 2.25. The van der Waals surface area contributed by atoms with Crippen molar-refractivity contribution in [3.8, 4) is 44.8 Å². The lowest BCUT2D eigenvalue weighted by Crippen LogP contribution is -2.19. The van der Waals surface area contributed by atoms with Crippen LogP contribution in [0.25, 0.3) is 94.2 Å². The number of fused-ring (bicyclic) bond motifs is 5. The molecule has 2 aliphatic rings. The van der Waals surface area contributed by atoms with Gasteiger partial charge in [-0.25, -0.2) is 4.98 Å². The maximum absolute atomic E-state index is 5.23. The summed E-state index contributed by atoms with van der Waals surface area (Å²) in [5, 5.41) is 7.63. The van der Waals surface area contributed by atoms with Gasteiger partial charge < -0.3 is 4.57 Å². The molecule has 2 nitrogen and oxygen atoms in total. The topological polar surface area (TPSA) is 17.8 Å². The van der Waals surface area contributed by atoms with E-state index in [0.717, 1.165) is 42.6 Å². The molecular formula is C54H42N2. The Hall–Kier alpha value is -6.51. The summed E-state index contributed by atoms with van der Waals surface area (Å²) in [6, 6.07) is 57.0. The third-order valence-corrected chi connectivity index (χ3v) is 12.5. The minimum absolute atomic E-state index is 0.381. The van der Waals surface area contributed by atoms with Gasteiger partial charge in [0.15, 0.2) is 0 Å². The van der Waals surface area contributed by atoms with Crippen LogP contribution in [0.3, 0.4) is 0 Å². The lowest BCUT2D eigenvalue weighted by molar-refractivity contribution is 0.381. The summed E-state index contributed by atoms with van der Waals surface area (Å²) in [7, 11) is 0. The maximum Gasteiger partial charge on any atom is 0.141 e. The predicted molar refractivity (Wildman–Crippen MR) is 238 cm³/mol. The average molecular weight is 719 g/mol. The van der Waals surface area contributed by atoms with Crippen molar-refractivity contribution in [2.45, 2.75) is 38.6 Å². The number of hydrogen-bond donors (Lipinski definition) is 0. The van der Waals surface area contributed by atoms with Crippen LogP contribution in [0.2, 0.25) is 0 Å². The lowest BCUT2D eigenvalue weighted by Gasteiger charge is -2.28. The fourth-order valence-electron chi connectivity index (χ4n) is 9.64. The van der Waals surface area contributed by atoms with Gasteiger partial charge in [0, 0.05) is 11.6 Å². The molecule has 9 aromatic rings. The van der Waals surface area contributed by atoms with Crippen molar-refractivity contribution in [2.24, 2.45) is 5.92 Å². The van der Waals surface area contributed by atoms with Crippen LogP contribution in [0.1, 0.15) is 43.4 Å². The minimum atomic E-state index is 0.381. The summed E-state index contributed by atoms with van der Waals surface area (Å²) in [5.41, 5.74) is 13.7. The third-order valence-electron chi connectivity index (χ3n) is 12.5. The van der Waals surface area contributed by atoms with Crippen LogP contribution in [0.15, 0.2) is 170 Å². The molecule has 0 saturated heterocycles. The monoisotopic (exact) mass is 718 g/mol. The Bertz CT molecular complexity index is 3050. The minimum Gasteiger partial charge on any atom is -0.320 e. The molecule has 0 fully saturated rings. The number of allylic oxidation sites excluding steroid dienone is 3. The van der Waals surface area contributed by atoms with Crippen molar-refractivity contribution in [1.82, 2.24) is 9.55 Å². The normalized spacial score (nSPS) is 16.6. The Morgan fingerprint density at radius 3 is 2.07 bits per heavy atom. The van der Waals surface area contributed by atoms with Gasteiger partial charge in [-0.2, -0.15) is 0 Å². The van der Waals surface area contributed by atoms with Crippen LogP contribution in [0, 0.1) is 5.92 Å².